The molecule has 1 saturated heterocycles. The fourth-order valence-corrected chi connectivity index (χ4v) is 4.20. The molecule has 0 spiro atoms. The molecule has 0 aliphatic carbocycles. The monoisotopic (exact) mass is 320 g/mol. The van der Waals surface area contributed by atoms with Crippen molar-refractivity contribution in [3.8, 4) is 0 Å². The number of nitrogens with one attached hydrogen (secondary N) is 1. The molecule has 2 aromatic rings. The normalized spacial score (nSPS) is 18.4. The van der Waals surface area contributed by atoms with Gasteiger partial charge in [0.25, 0.3) is 0 Å². The summed E-state index contributed by atoms with van der Waals surface area (Å²) in [7, 11) is 0. The van der Waals surface area contributed by atoms with Crippen LogP contribution in [0.4, 0.5) is 0 Å². The molecule has 0 bridgehead atoms. The van der Waals surface area contributed by atoms with Crippen LogP contribution in [0.5, 0.6) is 0 Å². The van der Waals surface area contributed by atoms with Crippen LogP contribution in [0.1, 0.15) is 27.8 Å². The van der Waals surface area contributed by atoms with E-state index in [-0.39, 0.29) is 0 Å². The lowest BCUT2D eigenvalue weighted by Crippen LogP contribution is -2.32. The van der Waals surface area contributed by atoms with Gasteiger partial charge in [0.2, 0.25) is 0 Å². The predicted octanol–water partition coefficient (Wildman–Crippen LogP) is 4.09. The lowest BCUT2D eigenvalue weighted by Gasteiger charge is -2.30. The first-order valence-electron chi connectivity index (χ1n) is 7.50. The fraction of sp³-hybridized carbons (Fsp3) is 0.412. The van der Waals surface area contributed by atoms with Gasteiger partial charge in [0.15, 0.2) is 0 Å². The van der Waals surface area contributed by atoms with Gasteiger partial charge in [0, 0.05) is 34.4 Å². The molecule has 21 heavy (non-hydrogen) atoms. The van der Waals surface area contributed by atoms with Gasteiger partial charge in [-0.1, -0.05) is 23.7 Å². The Labute approximate surface area is 135 Å². The number of aryl methyl sites for hydroxylation is 1. The summed E-state index contributed by atoms with van der Waals surface area (Å²) < 4.78 is 0. The zero-order valence-electron chi connectivity index (χ0n) is 12.3. The van der Waals surface area contributed by atoms with Crippen molar-refractivity contribution in [3.63, 3.8) is 0 Å². The summed E-state index contributed by atoms with van der Waals surface area (Å²) in [4.78, 5) is 5.36. The van der Waals surface area contributed by atoms with Crippen LogP contribution >= 0.6 is 22.9 Å². The summed E-state index contributed by atoms with van der Waals surface area (Å²) in [5, 5.41) is 4.31. The average Bonchev–Trinajstić information content (AvgIpc) is 2.73. The van der Waals surface area contributed by atoms with Gasteiger partial charge in [-0.15, -0.1) is 11.3 Å². The lowest BCUT2D eigenvalue weighted by molar-refractivity contribution is 0.244. The van der Waals surface area contributed by atoms with Gasteiger partial charge in [-0.05, 0) is 49.7 Å². The second-order valence-electron chi connectivity index (χ2n) is 5.55. The Morgan fingerprint density at radius 3 is 2.86 bits per heavy atom. The van der Waals surface area contributed by atoms with Crippen molar-refractivity contribution in [2.75, 3.05) is 26.2 Å². The van der Waals surface area contributed by atoms with Crippen molar-refractivity contribution in [2.24, 2.45) is 0 Å². The molecule has 2 nitrogen and oxygen atoms in total. The third-order valence-corrected chi connectivity index (χ3v) is 5.22. The largest absolute Gasteiger partial charge is 0.315 e. The van der Waals surface area contributed by atoms with E-state index in [0.717, 1.165) is 31.2 Å². The maximum absolute atomic E-state index is 6.23. The van der Waals surface area contributed by atoms with E-state index in [1.54, 1.807) is 0 Å². The van der Waals surface area contributed by atoms with Crippen LogP contribution in [0.2, 0.25) is 5.02 Å². The highest BCUT2D eigenvalue weighted by molar-refractivity contribution is 7.12. The van der Waals surface area contributed by atoms with Crippen molar-refractivity contribution in [3.05, 3.63) is 56.7 Å². The molecule has 0 amide bonds. The van der Waals surface area contributed by atoms with Crippen LogP contribution in [0, 0.1) is 6.92 Å². The van der Waals surface area contributed by atoms with Crippen LogP contribution in [0.25, 0.3) is 0 Å². The number of benzene rings is 1. The van der Waals surface area contributed by atoms with Crippen LogP contribution in [-0.4, -0.2) is 31.1 Å². The lowest BCUT2D eigenvalue weighted by atomic mass is 10.0. The minimum Gasteiger partial charge on any atom is -0.315 e. The molecule has 1 aromatic carbocycles. The number of halogens is 1. The third-order valence-electron chi connectivity index (χ3n) is 3.93. The first kappa shape index (κ1) is 15.0. The van der Waals surface area contributed by atoms with E-state index in [0.29, 0.717) is 6.04 Å². The van der Waals surface area contributed by atoms with E-state index < -0.39 is 0 Å². The van der Waals surface area contributed by atoms with E-state index in [1.165, 1.54) is 21.7 Å². The SMILES string of the molecule is Cc1ccc(C(c2cccc(Cl)c2)N2CCCNCC2)s1. The van der Waals surface area contributed by atoms with Crippen LogP contribution in [0.15, 0.2) is 36.4 Å². The number of thiophene rings is 1. The zero-order chi connectivity index (χ0) is 14.7. The minimum absolute atomic E-state index is 0.322. The molecule has 0 saturated carbocycles. The highest BCUT2D eigenvalue weighted by Crippen LogP contribution is 2.34. The molecule has 1 fully saturated rings. The minimum atomic E-state index is 0.322. The molecule has 1 aromatic heterocycles. The Morgan fingerprint density at radius 1 is 1.19 bits per heavy atom. The first-order chi connectivity index (χ1) is 10.2. The number of hydrogen-bond donors (Lipinski definition) is 1. The molecule has 112 valence electrons. The van der Waals surface area contributed by atoms with E-state index in [1.807, 2.05) is 17.4 Å². The predicted molar refractivity (Wildman–Crippen MR) is 91.4 cm³/mol. The molecule has 2 heterocycles. The van der Waals surface area contributed by atoms with E-state index in [4.69, 9.17) is 11.6 Å². The molecule has 4 heteroatoms. The maximum atomic E-state index is 6.23. The summed E-state index contributed by atoms with van der Waals surface area (Å²) in [6.07, 6.45) is 1.20. The zero-order valence-corrected chi connectivity index (χ0v) is 13.9. The highest BCUT2D eigenvalue weighted by Gasteiger charge is 2.24. The van der Waals surface area contributed by atoms with Gasteiger partial charge in [-0.2, -0.15) is 0 Å². The Morgan fingerprint density at radius 2 is 2.10 bits per heavy atom. The summed E-state index contributed by atoms with van der Waals surface area (Å²) in [6, 6.07) is 13.1. The molecule has 3 rings (SSSR count). The molecule has 0 radical (unpaired) electrons. The number of rotatable bonds is 3. The van der Waals surface area contributed by atoms with Crippen LogP contribution < -0.4 is 5.32 Å². The molecular weight excluding hydrogens is 300 g/mol. The summed E-state index contributed by atoms with van der Waals surface area (Å²) in [5.74, 6) is 0. The molecule has 1 N–H and O–H groups in total. The molecule has 1 aliphatic heterocycles. The van der Waals surface area contributed by atoms with Crippen molar-refractivity contribution < 1.29 is 0 Å². The third kappa shape index (κ3) is 3.67. The average molecular weight is 321 g/mol. The Balaban J connectivity index is 1.97. The first-order valence-corrected chi connectivity index (χ1v) is 8.70. The summed E-state index contributed by atoms with van der Waals surface area (Å²) in [6.45, 7) is 6.55. The van der Waals surface area contributed by atoms with E-state index in [9.17, 15) is 0 Å². The van der Waals surface area contributed by atoms with Gasteiger partial charge in [0.1, 0.15) is 0 Å². The van der Waals surface area contributed by atoms with Crippen LogP contribution in [0.3, 0.4) is 0 Å². The van der Waals surface area contributed by atoms with Crippen molar-refractivity contribution in [1.29, 1.82) is 0 Å². The Bertz CT molecular complexity index is 588. The number of hydrogen-bond acceptors (Lipinski definition) is 3. The molecule has 1 atom stereocenters. The fourth-order valence-electron chi connectivity index (χ4n) is 2.96. The molecular formula is C17H21ClN2S. The second-order valence-corrected chi connectivity index (χ2v) is 7.30. The maximum Gasteiger partial charge on any atom is 0.0697 e. The van der Waals surface area contributed by atoms with Crippen LogP contribution in [-0.2, 0) is 0 Å². The van der Waals surface area contributed by atoms with E-state index >= 15 is 0 Å². The van der Waals surface area contributed by atoms with Gasteiger partial charge < -0.3 is 5.32 Å². The Hall–Kier alpha value is -0.870. The molecule has 1 unspecified atom stereocenters. The number of nitrogens with zero attached hydrogens (tertiary/aromatic N) is 1. The second kappa shape index (κ2) is 6.93. The summed E-state index contributed by atoms with van der Waals surface area (Å²) in [5.41, 5.74) is 1.30. The summed E-state index contributed by atoms with van der Waals surface area (Å²) >= 11 is 8.12. The van der Waals surface area contributed by atoms with Gasteiger partial charge in [0.05, 0.1) is 6.04 Å². The van der Waals surface area contributed by atoms with Crippen molar-refractivity contribution in [2.45, 2.75) is 19.4 Å². The topological polar surface area (TPSA) is 15.3 Å². The van der Waals surface area contributed by atoms with Gasteiger partial charge in [-0.3, -0.25) is 4.90 Å². The van der Waals surface area contributed by atoms with Crippen molar-refractivity contribution >= 4 is 22.9 Å². The Kier molecular flexibility index (Phi) is 4.96. The van der Waals surface area contributed by atoms with Gasteiger partial charge >= 0.3 is 0 Å². The smallest absolute Gasteiger partial charge is 0.0697 e. The van der Waals surface area contributed by atoms with Gasteiger partial charge in [-0.25, -0.2) is 0 Å². The van der Waals surface area contributed by atoms with Crippen molar-refractivity contribution in [1.82, 2.24) is 10.2 Å². The highest BCUT2D eigenvalue weighted by atomic mass is 35.5. The van der Waals surface area contributed by atoms with E-state index in [2.05, 4.69) is 47.5 Å². The quantitative estimate of drug-likeness (QED) is 0.916. The molecule has 1 aliphatic rings. The standard InChI is InChI=1S/C17H21ClN2S/c1-13-6-7-16(21-13)17(14-4-2-5-15(18)12-14)20-10-3-8-19-9-11-20/h2,4-7,12,17,19H,3,8-11H2,1H3.